The van der Waals surface area contributed by atoms with Crippen LogP contribution in [-0.4, -0.2) is 21.0 Å². The number of pyridine rings is 1. The fourth-order valence-corrected chi connectivity index (χ4v) is 1.66. The number of benzene rings is 1. The number of oxazole rings is 1. The molecule has 19 heavy (non-hydrogen) atoms. The van der Waals surface area contributed by atoms with Crippen LogP contribution in [0.15, 0.2) is 47.2 Å². The first-order chi connectivity index (χ1) is 9.24. The first-order valence-corrected chi connectivity index (χ1v) is 5.44. The summed E-state index contributed by atoms with van der Waals surface area (Å²) in [6.45, 7) is 0. The molecule has 0 aliphatic rings. The number of aromatic carboxylic acids is 1. The second-order valence-corrected chi connectivity index (χ2v) is 3.74. The van der Waals surface area contributed by atoms with Crippen LogP contribution in [0.5, 0.6) is 11.8 Å². The third-order valence-corrected chi connectivity index (χ3v) is 2.50. The molecular weight excluding hydrogens is 248 g/mol. The van der Waals surface area contributed by atoms with Gasteiger partial charge in [0.2, 0.25) is 0 Å². The number of para-hydroxylation sites is 1. The summed E-state index contributed by atoms with van der Waals surface area (Å²) < 4.78 is 10.4. The van der Waals surface area contributed by atoms with Gasteiger partial charge in [0, 0.05) is 11.6 Å². The lowest BCUT2D eigenvalue weighted by molar-refractivity contribution is 0.0690. The maximum atomic E-state index is 10.7. The van der Waals surface area contributed by atoms with Gasteiger partial charge in [0.1, 0.15) is 11.8 Å². The summed E-state index contributed by atoms with van der Waals surface area (Å²) in [5, 5.41) is 9.65. The van der Waals surface area contributed by atoms with Gasteiger partial charge in [-0.25, -0.2) is 4.79 Å². The van der Waals surface area contributed by atoms with E-state index in [0.717, 1.165) is 11.6 Å². The van der Waals surface area contributed by atoms with Crippen LogP contribution in [0.2, 0.25) is 0 Å². The Kier molecular flexibility index (Phi) is 2.60. The van der Waals surface area contributed by atoms with Gasteiger partial charge in [0.05, 0.1) is 0 Å². The Morgan fingerprint density at radius 1 is 1.26 bits per heavy atom. The van der Waals surface area contributed by atoms with Crippen molar-refractivity contribution in [2.24, 2.45) is 0 Å². The summed E-state index contributed by atoms with van der Waals surface area (Å²) >= 11 is 0. The van der Waals surface area contributed by atoms with Gasteiger partial charge in [0.25, 0.3) is 0 Å². The van der Waals surface area contributed by atoms with Crippen LogP contribution < -0.4 is 4.74 Å². The van der Waals surface area contributed by atoms with E-state index in [9.17, 15) is 4.79 Å². The summed E-state index contributed by atoms with van der Waals surface area (Å²) in [6.07, 6.45) is 2.54. The topological polar surface area (TPSA) is 85.5 Å². The zero-order valence-corrected chi connectivity index (χ0v) is 9.61. The summed E-state index contributed by atoms with van der Waals surface area (Å²) in [7, 11) is 0. The van der Waals surface area contributed by atoms with Crippen molar-refractivity contribution in [2.45, 2.75) is 0 Å². The van der Waals surface area contributed by atoms with Crippen molar-refractivity contribution >= 4 is 16.9 Å². The Hall–Kier alpha value is -2.89. The molecule has 2 aromatic heterocycles. The first-order valence-electron chi connectivity index (χ1n) is 5.44. The quantitative estimate of drug-likeness (QED) is 0.775. The number of aromatic nitrogens is 2. The lowest BCUT2D eigenvalue weighted by Gasteiger charge is -2.03. The van der Waals surface area contributed by atoms with E-state index >= 15 is 0 Å². The SMILES string of the molecule is O=C(O)c1coc(Oc2cccc3cccnc23)n1. The monoisotopic (exact) mass is 256 g/mol. The molecule has 3 aromatic rings. The number of carboxylic acids is 1. The van der Waals surface area contributed by atoms with Gasteiger partial charge >= 0.3 is 12.0 Å². The predicted octanol–water partition coefficient (Wildman–Crippen LogP) is 2.71. The Labute approximate surface area is 107 Å². The van der Waals surface area contributed by atoms with Crippen LogP contribution in [0.4, 0.5) is 0 Å². The van der Waals surface area contributed by atoms with Gasteiger partial charge in [0.15, 0.2) is 11.4 Å². The first kappa shape index (κ1) is 11.2. The number of ether oxygens (including phenoxy) is 1. The van der Waals surface area contributed by atoms with E-state index in [1.807, 2.05) is 18.2 Å². The van der Waals surface area contributed by atoms with Crippen molar-refractivity contribution in [3.8, 4) is 11.8 Å². The van der Waals surface area contributed by atoms with Gasteiger partial charge in [-0.3, -0.25) is 4.98 Å². The molecule has 0 aliphatic heterocycles. The third-order valence-electron chi connectivity index (χ3n) is 2.50. The van der Waals surface area contributed by atoms with Crippen molar-refractivity contribution in [2.75, 3.05) is 0 Å². The number of hydrogen-bond donors (Lipinski definition) is 1. The smallest absolute Gasteiger partial charge is 0.399 e. The van der Waals surface area contributed by atoms with E-state index in [2.05, 4.69) is 9.97 Å². The highest BCUT2D eigenvalue weighted by atomic mass is 16.6. The maximum absolute atomic E-state index is 10.7. The van der Waals surface area contributed by atoms with E-state index in [1.165, 1.54) is 0 Å². The van der Waals surface area contributed by atoms with Crippen LogP contribution in [0.25, 0.3) is 10.9 Å². The highest BCUT2D eigenvalue weighted by molar-refractivity contribution is 5.85. The Balaban J connectivity index is 1.98. The number of carbonyl (C=O) groups is 1. The predicted molar refractivity (Wildman–Crippen MR) is 65.3 cm³/mol. The molecule has 0 atom stereocenters. The molecule has 3 rings (SSSR count). The summed E-state index contributed by atoms with van der Waals surface area (Å²) in [4.78, 5) is 18.6. The normalized spacial score (nSPS) is 10.5. The number of fused-ring (bicyclic) bond motifs is 1. The van der Waals surface area contributed by atoms with E-state index in [-0.39, 0.29) is 11.8 Å². The van der Waals surface area contributed by atoms with E-state index in [0.29, 0.717) is 11.3 Å². The molecule has 2 heterocycles. The summed E-state index contributed by atoms with van der Waals surface area (Å²) in [5.74, 6) is -0.716. The molecule has 0 spiro atoms. The van der Waals surface area contributed by atoms with Crippen molar-refractivity contribution in [3.05, 3.63) is 48.5 Å². The molecule has 94 valence electrons. The molecule has 0 saturated heterocycles. The minimum atomic E-state index is -1.17. The van der Waals surface area contributed by atoms with E-state index < -0.39 is 5.97 Å². The Bertz CT molecular complexity index is 746. The number of rotatable bonds is 3. The van der Waals surface area contributed by atoms with Crippen LogP contribution in [0, 0.1) is 0 Å². The van der Waals surface area contributed by atoms with E-state index in [1.54, 1.807) is 18.3 Å². The van der Waals surface area contributed by atoms with E-state index in [4.69, 9.17) is 14.3 Å². The van der Waals surface area contributed by atoms with Gasteiger partial charge < -0.3 is 14.3 Å². The molecule has 0 amide bonds. The van der Waals surface area contributed by atoms with Gasteiger partial charge in [-0.05, 0) is 12.1 Å². The van der Waals surface area contributed by atoms with Crippen molar-refractivity contribution in [1.29, 1.82) is 0 Å². The van der Waals surface area contributed by atoms with Crippen molar-refractivity contribution in [1.82, 2.24) is 9.97 Å². The Morgan fingerprint density at radius 2 is 2.11 bits per heavy atom. The van der Waals surface area contributed by atoms with Crippen LogP contribution in [0.3, 0.4) is 0 Å². The second kappa shape index (κ2) is 4.41. The molecule has 0 bridgehead atoms. The molecule has 0 unspecified atom stereocenters. The minimum absolute atomic E-state index is 0.129. The maximum Gasteiger partial charge on any atom is 0.399 e. The fourth-order valence-electron chi connectivity index (χ4n) is 1.66. The summed E-state index contributed by atoms with van der Waals surface area (Å²) in [6, 6.07) is 9.13. The lowest BCUT2D eigenvalue weighted by Crippen LogP contribution is -1.96. The highest BCUT2D eigenvalue weighted by Crippen LogP contribution is 2.27. The van der Waals surface area contributed by atoms with Gasteiger partial charge in [-0.15, -0.1) is 0 Å². The second-order valence-electron chi connectivity index (χ2n) is 3.74. The summed E-state index contributed by atoms with van der Waals surface area (Å²) in [5.41, 5.74) is 0.447. The zero-order valence-electron chi connectivity index (χ0n) is 9.61. The number of nitrogens with zero attached hydrogens (tertiary/aromatic N) is 2. The molecule has 0 fully saturated rings. The zero-order chi connectivity index (χ0) is 13.2. The van der Waals surface area contributed by atoms with Crippen molar-refractivity contribution < 1.29 is 19.1 Å². The largest absolute Gasteiger partial charge is 0.476 e. The highest BCUT2D eigenvalue weighted by Gasteiger charge is 2.13. The molecule has 0 saturated carbocycles. The Morgan fingerprint density at radius 3 is 2.89 bits per heavy atom. The third kappa shape index (κ3) is 2.11. The lowest BCUT2D eigenvalue weighted by atomic mass is 10.2. The van der Waals surface area contributed by atoms with Gasteiger partial charge in [-0.1, -0.05) is 18.2 Å². The number of hydrogen-bond acceptors (Lipinski definition) is 5. The van der Waals surface area contributed by atoms with Crippen molar-refractivity contribution in [3.63, 3.8) is 0 Å². The van der Waals surface area contributed by atoms with Crippen LogP contribution in [-0.2, 0) is 0 Å². The minimum Gasteiger partial charge on any atom is -0.476 e. The molecule has 1 aromatic carbocycles. The fraction of sp³-hybridized carbons (Fsp3) is 0. The van der Waals surface area contributed by atoms with Crippen LogP contribution in [0.1, 0.15) is 10.5 Å². The van der Waals surface area contributed by atoms with Gasteiger partial charge in [-0.2, -0.15) is 4.98 Å². The molecular formula is C13H8N2O4. The molecule has 0 aliphatic carbocycles. The molecule has 1 N–H and O–H groups in total. The average molecular weight is 256 g/mol. The average Bonchev–Trinajstić information content (AvgIpc) is 2.88. The number of carboxylic acid groups (broad SMARTS) is 1. The van der Waals surface area contributed by atoms with Crippen LogP contribution >= 0.6 is 0 Å². The molecule has 6 heteroatoms. The standard InChI is InChI=1S/C13H8N2O4/c16-12(17)9-7-18-13(15-9)19-10-5-1-3-8-4-2-6-14-11(8)10/h1-7H,(H,16,17). The molecule has 6 nitrogen and oxygen atoms in total. The molecule has 0 radical (unpaired) electrons.